The van der Waals surface area contributed by atoms with Crippen molar-refractivity contribution in [1.82, 2.24) is 15.6 Å². The predicted molar refractivity (Wildman–Crippen MR) is 111 cm³/mol. The fraction of sp³-hybridized carbons (Fsp3) is 0.0952. The molecule has 28 heavy (non-hydrogen) atoms. The van der Waals surface area contributed by atoms with Crippen molar-refractivity contribution in [3.63, 3.8) is 0 Å². The molecule has 2 aromatic carbocycles. The number of aromatic nitrogens is 1. The summed E-state index contributed by atoms with van der Waals surface area (Å²) in [6, 6.07) is 14.8. The molecular formula is C21H18N4O2S. The van der Waals surface area contributed by atoms with Crippen LogP contribution < -0.4 is 16.0 Å². The molecule has 0 spiro atoms. The van der Waals surface area contributed by atoms with Gasteiger partial charge in [0.05, 0.1) is 0 Å². The van der Waals surface area contributed by atoms with Crippen LogP contribution >= 0.6 is 11.3 Å². The molecule has 0 saturated carbocycles. The number of terminal acetylenes is 1. The molecule has 1 aromatic heterocycles. The van der Waals surface area contributed by atoms with Crippen molar-refractivity contribution in [2.24, 2.45) is 0 Å². The minimum atomic E-state index is -0.351. The maximum Gasteiger partial charge on any atom is 0.320 e. The average molecular weight is 390 g/mol. The molecular weight excluding hydrogens is 372 g/mol. The van der Waals surface area contributed by atoms with Gasteiger partial charge in [-0.25, -0.2) is 9.78 Å². The fourth-order valence-corrected chi connectivity index (χ4v) is 3.09. The molecule has 0 radical (unpaired) electrons. The number of benzene rings is 2. The Labute approximate surface area is 167 Å². The number of rotatable bonds is 5. The second kappa shape index (κ2) is 8.84. The highest BCUT2D eigenvalue weighted by Crippen LogP contribution is 2.21. The van der Waals surface area contributed by atoms with Gasteiger partial charge in [-0.15, -0.1) is 17.8 Å². The molecule has 3 N–H and O–H groups in total. The second-order valence-corrected chi connectivity index (χ2v) is 6.70. The number of nitrogens with zero attached hydrogens (tertiary/aromatic N) is 1. The van der Waals surface area contributed by atoms with Crippen molar-refractivity contribution in [3.05, 3.63) is 70.0 Å². The van der Waals surface area contributed by atoms with Crippen LogP contribution in [0.4, 0.5) is 10.6 Å². The van der Waals surface area contributed by atoms with Gasteiger partial charge in [0, 0.05) is 24.5 Å². The zero-order valence-electron chi connectivity index (χ0n) is 15.2. The number of nitrogens with one attached hydrogen (secondary N) is 3. The van der Waals surface area contributed by atoms with E-state index in [1.807, 2.05) is 42.5 Å². The molecule has 0 aliphatic carbocycles. The minimum Gasteiger partial charge on any atom is -0.355 e. The van der Waals surface area contributed by atoms with Crippen molar-refractivity contribution < 1.29 is 9.59 Å². The molecule has 0 unspecified atom stereocenters. The zero-order valence-corrected chi connectivity index (χ0v) is 16.0. The zero-order chi connectivity index (χ0) is 19.9. The summed E-state index contributed by atoms with van der Waals surface area (Å²) in [5.41, 5.74) is 3.50. The third-order valence-electron chi connectivity index (χ3n) is 3.96. The average Bonchev–Trinajstić information content (AvgIpc) is 3.19. The Bertz CT molecular complexity index is 1040. The van der Waals surface area contributed by atoms with Crippen LogP contribution in [0, 0.1) is 12.3 Å². The Kier molecular flexibility index (Phi) is 6.04. The number of thiazole rings is 1. The third-order valence-corrected chi connectivity index (χ3v) is 4.73. The standard InChI is InChI=1S/C21H18N4O2S/c1-3-19-24-18(13-28-19)25-21(27)23-12-14-7-9-15(10-8-14)16-5-4-6-17(11-16)20(26)22-2/h1,4-11,13H,12H2,2H3,(H,22,26)(H2,23,25,27). The second-order valence-electron chi connectivity index (χ2n) is 5.85. The Balaban J connectivity index is 1.59. The number of urea groups is 1. The first-order valence-electron chi connectivity index (χ1n) is 8.47. The number of amides is 3. The van der Waals surface area contributed by atoms with E-state index < -0.39 is 0 Å². The van der Waals surface area contributed by atoms with Crippen LogP contribution in [0.3, 0.4) is 0 Å². The quantitative estimate of drug-likeness (QED) is 0.583. The molecule has 0 aliphatic heterocycles. The smallest absolute Gasteiger partial charge is 0.320 e. The molecule has 0 bridgehead atoms. The van der Waals surface area contributed by atoms with Crippen LogP contribution in [0.1, 0.15) is 20.9 Å². The maximum atomic E-state index is 12.0. The molecule has 0 fully saturated rings. The summed E-state index contributed by atoms with van der Waals surface area (Å²) in [5, 5.41) is 10.2. The lowest BCUT2D eigenvalue weighted by Crippen LogP contribution is -2.28. The topological polar surface area (TPSA) is 83.1 Å². The summed E-state index contributed by atoms with van der Waals surface area (Å²) in [6.07, 6.45) is 5.26. The van der Waals surface area contributed by atoms with E-state index in [0.717, 1.165) is 16.7 Å². The van der Waals surface area contributed by atoms with Gasteiger partial charge in [0.2, 0.25) is 0 Å². The molecule has 7 heteroatoms. The Hall–Kier alpha value is -3.63. The van der Waals surface area contributed by atoms with Crippen molar-refractivity contribution in [2.45, 2.75) is 6.54 Å². The van der Waals surface area contributed by atoms with E-state index in [2.05, 4.69) is 26.9 Å². The lowest BCUT2D eigenvalue weighted by molar-refractivity contribution is 0.0963. The molecule has 0 atom stereocenters. The molecule has 3 aromatic rings. The van der Waals surface area contributed by atoms with E-state index in [9.17, 15) is 9.59 Å². The van der Waals surface area contributed by atoms with Crippen LogP contribution in [0.25, 0.3) is 11.1 Å². The Morgan fingerprint density at radius 1 is 1.14 bits per heavy atom. The van der Waals surface area contributed by atoms with Gasteiger partial charge in [-0.1, -0.05) is 36.4 Å². The van der Waals surface area contributed by atoms with E-state index in [-0.39, 0.29) is 11.9 Å². The van der Waals surface area contributed by atoms with Gasteiger partial charge in [-0.2, -0.15) is 0 Å². The molecule has 140 valence electrons. The summed E-state index contributed by atoms with van der Waals surface area (Å²) >= 11 is 1.29. The molecule has 0 aliphatic rings. The lowest BCUT2D eigenvalue weighted by atomic mass is 10.0. The first-order valence-corrected chi connectivity index (χ1v) is 9.35. The summed E-state index contributed by atoms with van der Waals surface area (Å²) < 4.78 is 0. The van der Waals surface area contributed by atoms with E-state index in [1.165, 1.54) is 11.3 Å². The van der Waals surface area contributed by atoms with Gasteiger partial charge < -0.3 is 10.6 Å². The molecule has 3 rings (SSSR count). The van der Waals surface area contributed by atoms with Gasteiger partial charge in [-0.3, -0.25) is 10.1 Å². The lowest BCUT2D eigenvalue weighted by Gasteiger charge is -2.08. The minimum absolute atomic E-state index is 0.122. The molecule has 1 heterocycles. The first kappa shape index (κ1) is 19.1. The van der Waals surface area contributed by atoms with Crippen molar-refractivity contribution in [2.75, 3.05) is 12.4 Å². The normalized spacial score (nSPS) is 10.0. The van der Waals surface area contributed by atoms with Gasteiger partial charge >= 0.3 is 6.03 Å². The SMILES string of the molecule is C#Cc1nc(NC(=O)NCc2ccc(-c3cccc(C(=O)NC)c3)cc2)cs1. The summed E-state index contributed by atoms with van der Waals surface area (Å²) in [7, 11) is 1.61. The van der Waals surface area contributed by atoms with Crippen LogP contribution in [-0.4, -0.2) is 24.0 Å². The number of anilines is 1. The highest BCUT2D eigenvalue weighted by molar-refractivity contribution is 7.10. The first-order chi connectivity index (χ1) is 13.6. The van der Waals surface area contributed by atoms with Crippen LogP contribution in [0.15, 0.2) is 53.9 Å². The number of carbonyl (C=O) groups excluding carboxylic acids is 2. The van der Waals surface area contributed by atoms with E-state index in [4.69, 9.17) is 6.42 Å². The summed E-state index contributed by atoms with van der Waals surface area (Å²) in [5.74, 6) is 2.73. The van der Waals surface area contributed by atoms with Crippen LogP contribution in [0.2, 0.25) is 0 Å². The van der Waals surface area contributed by atoms with Crippen molar-refractivity contribution >= 4 is 29.1 Å². The van der Waals surface area contributed by atoms with Gasteiger partial charge in [0.1, 0.15) is 5.82 Å². The Morgan fingerprint density at radius 3 is 2.61 bits per heavy atom. The molecule has 6 nitrogen and oxygen atoms in total. The molecule has 3 amide bonds. The predicted octanol–water partition coefficient (Wildman–Crippen LogP) is 3.47. The van der Waals surface area contributed by atoms with E-state index >= 15 is 0 Å². The number of hydrogen-bond donors (Lipinski definition) is 3. The van der Waals surface area contributed by atoms with Gasteiger partial charge in [0.15, 0.2) is 5.01 Å². The maximum absolute atomic E-state index is 12.0. The van der Waals surface area contributed by atoms with E-state index in [0.29, 0.717) is 22.9 Å². The fourth-order valence-electron chi connectivity index (χ4n) is 2.54. The van der Waals surface area contributed by atoms with Crippen molar-refractivity contribution in [1.29, 1.82) is 0 Å². The summed E-state index contributed by atoms with van der Waals surface area (Å²) in [6.45, 7) is 0.372. The number of hydrogen-bond acceptors (Lipinski definition) is 4. The third kappa shape index (κ3) is 4.75. The largest absolute Gasteiger partial charge is 0.355 e. The van der Waals surface area contributed by atoms with Gasteiger partial charge in [-0.05, 0) is 34.7 Å². The van der Waals surface area contributed by atoms with Crippen LogP contribution in [-0.2, 0) is 6.54 Å². The highest BCUT2D eigenvalue weighted by atomic mass is 32.1. The van der Waals surface area contributed by atoms with E-state index in [1.54, 1.807) is 18.5 Å². The monoisotopic (exact) mass is 390 g/mol. The summed E-state index contributed by atoms with van der Waals surface area (Å²) in [4.78, 5) is 27.8. The van der Waals surface area contributed by atoms with Gasteiger partial charge in [0.25, 0.3) is 5.91 Å². The molecule has 0 saturated heterocycles. The number of carbonyl (C=O) groups is 2. The van der Waals surface area contributed by atoms with Crippen molar-refractivity contribution in [3.8, 4) is 23.5 Å². The highest BCUT2D eigenvalue weighted by Gasteiger charge is 2.07. The Morgan fingerprint density at radius 2 is 1.93 bits per heavy atom. The van der Waals surface area contributed by atoms with Crippen LogP contribution in [0.5, 0.6) is 0 Å².